The molecule has 1 aliphatic rings. The van der Waals surface area contributed by atoms with Crippen molar-refractivity contribution in [3.05, 3.63) is 24.3 Å². The molecule has 0 saturated carbocycles. The van der Waals surface area contributed by atoms with Crippen molar-refractivity contribution >= 4 is 26.0 Å². The van der Waals surface area contributed by atoms with E-state index in [0.29, 0.717) is 19.5 Å². The van der Waals surface area contributed by atoms with Crippen LogP contribution in [-0.2, 0) is 19.9 Å². The number of piperidine rings is 1. The molecule has 0 aromatic heterocycles. The minimum atomic E-state index is -3.70. The normalized spacial score (nSPS) is 16.8. The molecule has 8 nitrogen and oxygen atoms in total. The van der Waals surface area contributed by atoms with Crippen molar-refractivity contribution in [1.29, 1.82) is 0 Å². The van der Waals surface area contributed by atoms with Crippen molar-refractivity contribution in [3.63, 3.8) is 0 Å². The van der Waals surface area contributed by atoms with Gasteiger partial charge >= 0.3 is 6.09 Å². The first-order valence-corrected chi connectivity index (χ1v) is 11.2. The summed E-state index contributed by atoms with van der Waals surface area (Å²) >= 11 is 0. The zero-order valence-electron chi connectivity index (χ0n) is 13.9. The van der Waals surface area contributed by atoms with E-state index in [0.717, 1.165) is 19.1 Å². The van der Waals surface area contributed by atoms with Gasteiger partial charge in [-0.25, -0.2) is 26.4 Å². The maximum absolute atomic E-state index is 12.2. The van der Waals surface area contributed by atoms with E-state index in [1.54, 1.807) is 0 Å². The van der Waals surface area contributed by atoms with Crippen LogP contribution in [0.2, 0.25) is 0 Å². The average Bonchev–Trinajstić information content (AvgIpc) is 2.54. The smallest absolute Gasteiger partial charge is 0.407 e. The van der Waals surface area contributed by atoms with Gasteiger partial charge in [0.15, 0.2) is 9.84 Å². The van der Waals surface area contributed by atoms with Crippen LogP contribution in [0.25, 0.3) is 0 Å². The van der Waals surface area contributed by atoms with Crippen LogP contribution < -0.4 is 4.72 Å². The van der Waals surface area contributed by atoms with Crippen molar-refractivity contribution in [2.75, 3.05) is 25.9 Å². The van der Waals surface area contributed by atoms with Crippen LogP contribution in [0.4, 0.5) is 4.79 Å². The lowest BCUT2D eigenvalue weighted by atomic mass is 9.94. The van der Waals surface area contributed by atoms with Gasteiger partial charge in [-0.2, -0.15) is 0 Å². The molecule has 25 heavy (non-hydrogen) atoms. The number of rotatable bonds is 6. The fourth-order valence-corrected chi connectivity index (χ4v) is 4.44. The Morgan fingerprint density at radius 2 is 1.64 bits per heavy atom. The molecule has 0 unspecified atom stereocenters. The van der Waals surface area contributed by atoms with Gasteiger partial charge in [0.05, 0.1) is 9.79 Å². The molecule has 1 heterocycles. The van der Waals surface area contributed by atoms with Gasteiger partial charge in [-0.15, -0.1) is 0 Å². The second-order valence-electron chi connectivity index (χ2n) is 6.14. The van der Waals surface area contributed by atoms with Crippen LogP contribution in [0.15, 0.2) is 34.1 Å². The topological polar surface area (TPSA) is 121 Å². The molecule has 1 aliphatic heterocycles. The summed E-state index contributed by atoms with van der Waals surface area (Å²) in [5, 5.41) is 8.90. The Kier molecular flexibility index (Phi) is 6.07. The number of carbonyl (C=O) groups is 1. The first kappa shape index (κ1) is 19.7. The Bertz CT molecular complexity index is 810. The minimum Gasteiger partial charge on any atom is -0.465 e. The number of sulfone groups is 1. The van der Waals surface area contributed by atoms with Crippen LogP contribution in [0, 0.1) is 5.92 Å². The van der Waals surface area contributed by atoms with Crippen LogP contribution in [0.3, 0.4) is 0 Å². The summed E-state index contributed by atoms with van der Waals surface area (Å²) in [6, 6.07) is 5.07. The Balaban J connectivity index is 1.87. The minimum absolute atomic E-state index is 0.0144. The third kappa shape index (κ3) is 5.41. The van der Waals surface area contributed by atoms with Gasteiger partial charge in [-0.05, 0) is 49.4 Å². The van der Waals surface area contributed by atoms with Crippen LogP contribution >= 0.6 is 0 Å². The molecule has 140 valence electrons. The van der Waals surface area contributed by atoms with E-state index >= 15 is 0 Å². The summed E-state index contributed by atoms with van der Waals surface area (Å²) in [5.41, 5.74) is 0. The predicted octanol–water partition coefficient (Wildman–Crippen LogP) is 1.15. The third-order valence-corrected chi connectivity index (χ3v) is 6.90. The zero-order valence-corrected chi connectivity index (χ0v) is 15.5. The van der Waals surface area contributed by atoms with E-state index in [4.69, 9.17) is 5.11 Å². The quantitative estimate of drug-likeness (QED) is 0.752. The average molecular weight is 390 g/mol. The fraction of sp³-hybridized carbons (Fsp3) is 0.533. The molecule has 1 aromatic carbocycles. The van der Waals surface area contributed by atoms with Gasteiger partial charge in [0, 0.05) is 25.9 Å². The highest BCUT2D eigenvalue weighted by atomic mass is 32.2. The van der Waals surface area contributed by atoms with Gasteiger partial charge in [0.2, 0.25) is 10.0 Å². The second kappa shape index (κ2) is 7.71. The Labute approximate surface area is 147 Å². The number of carboxylic acid groups (broad SMARTS) is 1. The van der Waals surface area contributed by atoms with Crippen molar-refractivity contribution < 1.29 is 26.7 Å². The lowest BCUT2D eigenvalue weighted by molar-refractivity contribution is 0.123. The van der Waals surface area contributed by atoms with Crippen molar-refractivity contribution in [2.24, 2.45) is 5.92 Å². The van der Waals surface area contributed by atoms with Crippen molar-refractivity contribution in [1.82, 2.24) is 9.62 Å². The first-order chi connectivity index (χ1) is 11.6. The molecular weight excluding hydrogens is 368 g/mol. The number of hydrogen-bond donors (Lipinski definition) is 2. The molecule has 1 amide bonds. The number of benzene rings is 1. The van der Waals surface area contributed by atoms with Gasteiger partial charge in [-0.3, -0.25) is 0 Å². The standard InChI is InChI=1S/C15H22N2O6S2/c1-24(20,21)13-2-4-14(5-3-13)25(22,23)16-9-6-12-7-10-17(11-8-12)15(18)19/h2-5,12,16H,6-11H2,1H3,(H,18,19). The number of amides is 1. The summed E-state index contributed by atoms with van der Waals surface area (Å²) in [4.78, 5) is 12.3. The van der Waals surface area contributed by atoms with Crippen molar-refractivity contribution in [3.8, 4) is 0 Å². The molecule has 2 N–H and O–H groups in total. The molecule has 10 heteroatoms. The molecule has 0 radical (unpaired) electrons. The monoisotopic (exact) mass is 390 g/mol. The van der Waals surface area contributed by atoms with E-state index in [1.165, 1.54) is 29.2 Å². The first-order valence-electron chi connectivity index (χ1n) is 7.87. The Hall–Kier alpha value is -1.65. The van der Waals surface area contributed by atoms with Crippen LogP contribution in [-0.4, -0.2) is 58.8 Å². The number of sulfonamides is 1. The highest BCUT2D eigenvalue weighted by Crippen LogP contribution is 2.20. The lowest BCUT2D eigenvalue weighted by Crippen LogP contribution is -2.38. The van der Waals surface area contributed by atoms with Gasteiger partial charge < -0.3 is 10.0 Å². The maximum Gasteiger partial charge on any atom is 0.407 e. The molecule has 0 spiro atoms. The number of nitrogens with one attached hydrogen (secondary N) is 1. The maximum atomic E-state index is 12.2. The molecule has 1 fully saturated rings. The van der Waals surface area contributed by atoms with E-state index in [1.807, 2.05) is 0 Å². The highest BCUT2D eigenvalue weighted by Gasteiger charge is 2.23. The number of hydrogen-bond acceptors (Lipinski definition) is 5. The highest BCUT2D eigenvalue weighted by molar-refractivity contribution is 7.90. The molecule has 1 aromatic rings. The molecule has 0 bridgehead atoms. The molecular formula is C15H22N2O6S2. The molecule has 2 rings (SSSR count). The molecule has 0 atom stereocenters. The van der Waals surface area contributed by atoms with Gasteiger partial charge in [0.1, 0.15) is 0 Å². The summed E-state index contributed by atoms with van der Waals surface area (Å²) < 4.78 is 49.8. The summed E-state index contributed by atoms with van der Waals surface area (Å²) in [5.74, 6) is 0.283. The largest absolute Gasteiger partial charge is 0.465 e. The van der Waals surface area contributed by atoms with Gasteiger partial charge in [-0.1, -0.05) is 0 Å². The number of nitrogens with zero attached hydrogens (tertiary/aromatic N) is 1. The summed E-state index contributed by atoms with van der Waals surface area (Å²) in [7, 11) is -7.07. The second-order valence-corrected chi connectivity index (χ2v) is 9.93. The van der Waals surface area contributed by atoms with Gasteiger partial charge in [0.25, 0.3) is 0 Å². The van der Waals surface area contributed by atoms with E-state index in [9.17, 15) is 21.6 Å². The van der Waals surface area contributed by atoms with E-state index < -0.39 is 26.0 Å². The van der Waals surface area contributed by atoms with E-state index in [-0.39, 0.29) is 22.3 Å². The Morgan fingerprint density at radius 3 is 2.12 bits per heavy atom. The zero-order chi connectivity index (χ0) is 18.7. The van der Waals surface area contributed by atoms with Crippen molar-refractivity contribution in [2.45, 2.75) is 29.1 Å². The Morgan fingerprint density at radius 1 is 1.12 bits per heavy atom. The SMILES string of the molecule is CS(=O)(=O)c1ccc(S(=O)(=O)NCCC2CCN(C(=O)O)CC2)cc1. The lowest BCUT2D eigenvalue weighted by Gasteiger charge is -2.29. The number of likely N-dealkylation sites (tertiary alicyclic amines) is 1. The summed E-state index contributed by atoms with van der Waals surface area (Å²) in [6.07, 6.45) is 2.21. The predicted molar refractivity (Wildman–Crippen MR) is 91.7 cm³/mol. The molecule has 1 saturated heterocycles. The van der Waals surface area contributed by atoms with E-state index in [2.05, 4.69) is 4.72 Å². The third-order valence-electron chi connectivity index (χ3n) is 4.29. The molecule has 0 aliphatic carbocycles. The fourth-order valence-electron chi connectivity index (χ4n) is 2.76. The van der Waals surface area contributed by atoms with Crippen LogP contribution in [0.1, 0.15) is 19.3 Å². The van der Waals surface area contributed by atoms with Crippen LogP contribution in [0.5, 0.6) is 0 Å². The summed E-state index contributed by atoms with van der Waals surface area (Å²) in [6.45, 7) is 1.20.